The van der Waals surface area contributed by atoms with E-state index in [9.17, 15) is 0 Å². The maximum Gasteiger partial charge on any atom is 0.0433 e. The summed E-state index contributed by atoms with van der Waals surface area (Å²) < 4.78 is 2.74. The topological polar surface area (TPSA) is 0 Å². The van der Waals surface area contributed by atoms with Crippen LogP contribution in [-0.2, 0) is 5.41 Å². The standard InChI is InChI=1S/C61H40S/c1-61(2)54-26-13-12-21-46(54)52-33-34-55-58(59(52)61)53-30-28-40-36-39(27-29-43(40)60(53)62-55)42-31-32-51(45-20-7-6-19-44(42)45)57-49-24-10-8-22-47(49)56(48-23-9-11-25-50(48)57)41-18-14-17-38(35-41)37-15-4-3-5-16-37/h3-36H,1-2H3. The maximum atomic E-state index is 2.41. The third-order valence-corrected chi connectivity index (χ3v) is 15.0. The molecule has 0 bridgehead atoms. The van der Waals surface area contributed by atoms with E-state index in [1.54, 1.807) is 0 Å². The fourth-order valence-electron chi connectivity index (χ4n) is 11.1. The van der Waals surface area contributed by atoms with Crippen molar-refractivity contribution in [2.24, 2.45) is 0 Å². The lowest BCUT2D eigenvalue weighted by molar-refractivity contribution is 0.667. The minimum atomic E-state index is -0.0550. The highest BCUT2D eigenvalue weighted by molar-refractivity contribution is 7.26. The zero-order valence-corrected chi connectivity index (χ0v) is 35.4. The van der Waals surface area contributed by atoms with Gasteiger partial charge in [0.25, 0.3) is 0 Å². The van der Waals surface area contributed by atoms with Gasteiger partial charge in [-0.15, -0.1) is 11.3 Å². The lowest BCUT2D eigenvalue weighted by Gasteiger charge is -2.22. The molecule has 0 spiro atoms. The van der Waals surface area contributed by atoms with Crippen molar-refractivity contribution in [1.29, 1.82) is 0 Å². The van der Waals surface area contributed by atoms with Crippen LogP contribution in [0.3, 0.4) is 0 Å². The van der Waals surface area contributed by atoms with Gasteiger partial charge in [0, 0.05) is 25.6 Å². The summed E-state index contributed by atoms with van der Waals surface area (Å²) in [6.45, 7) is 4.80. The molecule has 290 valence electrons. The van der Waals surface area contributed by atoms with Crippen molar-refractivity contribution in [3.8, 4) is 55.6 Å². The van der Waals surface area contributed by atoms with Gasteiger partial charge in [0.05, 0.1) is 0 Å². The predicted octanol–water partition coefficient (Wildman–Crippen LogP) is 17.6. The van der Waals surface area contributed by atoms with Gasteiger partial charge < -0.3 is 0 Å². The van der Waals surface area contributed by atoms with Crippen LogP contribution in [0.15, 0.2) is 206 Å². The number of fused-ring (bicyclic) bond motifs is 12. The molecule has 0 saturated carbocycles. The maximum absolute atomic E-state index is 2.41. The Bertz CT molecular complexity index is 3770. The van der Waals surface area contributed by atoms with Crippen molar-refractivity contribution in [1.82, 2.24) is 0 Å². The number of thiophene rings is 1. The third-order valence-electron chi connectivity index (χ3n) is 13.8. The highest BCUT2D eigenvalue weighted by atomic mass is 32.1. The van der Waals surface area contributed by atoms with Gasteiger partial charge in [-0.05, 0) is 128 Å². The summed E-state index contributed by atoms with van der Waals surface area (Å²) in [7, 11) is 0. The summed E-state index contributed by atoms with van der Waals surface area (Å²) in [5, 5.41) is 13.0. The Morgan fingerprint density at radius 3 is 1.68 bits per heavy atom. The van der Waals surface area contributed by atoms with Crippen LogP contribution >= 0.6 is 11.3 Å². The van der Waals surface area contributed by atoms with Crippen LogP contribution in [0.1, 0.15) is 25.0 Å². The van der Waals surface area contributed by atoms with Crippen molar-refractivity contribution in [3.63, 3.8) is 0 Å². The van der Waals surface area contributed by atoms with E-state index < -0.39 is 0 Å². The highest BCUT2D eigenvalue weighted by Gasteiger charge is 2.37. The highest BCUT2D eigenvalue weighted by Crippen LogP contribution is 2.55. The van der Waals surface area contributed by atoms with Crippen molar-refractivity contribution in [3.05, 3.63) is 217 Å². The summed E-state index contributed by atoms with van der Waals surface area (Å²) in [6.07, 6.45) is 0. The molecule has 0 unspecified atom stereocenters. The van der Waals surface area contributed by atoms with Crippen LogP contribution in [-0.4, -0.2) is 0 Å². The van der Waals surface area contributed by atoms with Gasteiger partial charge in [-0.2, -0.15) is 0 Å². The Morgan fingerprint density at radius 1 is 0.339 bits per heavy atom. The van der Waals surface area contributed by atoms with E-state index >= 15 is 0 Å². The largest absolute Gasteiger partial charge is 0.135 e. The molecule has 0 amide bonds. The minimum absolute atomic E-state index is 0.0550. The summed E-state index contributed by atoms with van der Waals surface area (Å²) in [5.41, 5.74) is 15.6. The summed E-state index contributed by atoms with van der Waals surface area (Å²) in [6, 6.07) is 77.1. The van der Waals surface area contributed by atoms with Gasteiger partial charge in [-0.25, -0.2) is 0 Å². The van der Waals surface area contributed by atoms with E-state index in [-0.39, 0.29) is 5.41 Å². The molecule has 0 saturated heterocycles. The van der Waals surface area contributed by atoms with Crippen LogP contribution in [0.25, 0.3) is 119 Å². The second-order valence-electron chi connectivity index (χ2n) is 17.5. The average Bonchev–Trinajstić information content (AvgIpc) is 3.82. The van der Waals surface area contributed by atoms with Gasteiger partial charge in [0.15, 0.2) is 0 Å². The molecule has 11 aromatic carbocycles. The molecule has 0 N–H and O–H groups in total. The molecule has 62 heavy (non-hydrogen) atoms. The van der Waals surface area contributed by atoms with E-state index in [1.807, 2.05) is 11.3 Å². The first-order valence-corrected chi connectivity index (χ1v) is 22.5. The number of hydrogen-bond donors (Lipinski definition) is 0. The fraction of sp³-hybridized carbons (Fsp3) is 0.0492. The average molecular weight is 805 g/mol. The molecule has 1 aliphatic rings. The van der Waals surface area contributed by atoms with Gasteiger partial charge in [-0.1, -0.05) is 202 Å². The predicted molar refractivity (Wildman–Crippen MR) is 269 cm³/mol. The van der Waals surface area contributed by atoms with E-state index in [2.05, 4.69) is 220 Å². The molecular formula is C61H40S. The van der Waals surface area contributed by atoms with E-state index in [0.29, 0.717) is 0 Å². The molecule has 0 fully saturated rings. The molecule has 0 nitrogen and oxygen atoms in total. The van der Waals surface area contributed by atoms with Crippen LogP contribution < -0.4 is 0 Å². The van der Waals surface area contributed by atoms with Crippen molar-refractivity contribution in [2.45, 2.75) is 19.3 Å². The van der Waals surface area contributed by atoms with Crippen molar-refractivity contribution >= 4 is 74.6 Å². The fourth-order valence-corrected chi connectivity index (χ4v) is 12.3. The normalized spacial score (nSPS) is 13.1. The zero-order chi connectivity index (χ0) is 41.1. The molecule has 1 aromatic heterocycles. The first-order valence-electron chi connectivity index (χ1n) is 21.7. The lowest BCUT2D eigenvalue weighted by atomic mass is 9.80. The first kappa shape index (κ1) is 35.4. The Hall–Kier alpha value is -7.32. The Morgan fingerprint density at radius 2 is 0.919 bits per heavy atom. The zero-order valence-electron chi connectivity index (χ0n) is 34.5. The molecule has 0 radical (unpaired) electrons. The van der Waals surface area contributed by atoms with Crippen LogP contribution in [0.4, 0.5) is 0 Å². The Balaban J connectivity index is 0.973. The Kier molecular flexibility index (Phi) is 7.62. The molecular weight excluding hydrogens is 765 g/mol. The van der Waals surface area contributed by atoms with Crippen LogP contribution in [0, 0.1) is 0 Å². The number of hydrogen-bond acceptors (Lipinski definition) is 1. The first-order chi connectivity index (χ1) is 30.5. The quantitative estimate of drug-likeness (QED) is 0.155. The van der Waals surface area contributed by atoms with Crippen LogP contribution in [0.2, 0.25) is 0 Å². The summed E-state index contributed by atoms with van der Waals surface area (Å²) >= 11 is 1.94. The Labute approximate surface area is 365 Å². The number of rotatable bonds is 4. The molecule has 13 rings (SSSR count). The van der Waals surface area contributed by atoms with Gasteiger partial charge in [-0.3, -0.25) is 0 Å². The van der Waals surface area contributed by atoms with Gasteiger partial charge >= 0.3 is 0 Å². The van der Waals surface area contributed by atoms with Gasteiger partial charge in [0.1, 0.15) is 0 Å². The van der Waals surface area contributed by atoms with Crippen molar-refractivity contribution in [2.75, 3.05) is 0 Å². The van der Waals surface area contributed by atoms with E-state index in [4.69, 9.17) is 0 Å². The molecule has 1 heteroatoms. The molecule has 1 heterocycles. The third kappa shape index (κ3) is 5.06. The SMILES string of the molecule is CC1(C)c2ccccc2-c2ccc3sc4c5ccc(-c6ccc(-c7c8ccccc8c(-c8cccc(-c9ccccc9)c8)c8ccccc78)c7ccccc67)cc5ccc4c3c21. The molecule has 12 aromatic rings. The number of benzene rings is 11. The van der Waals surface area contributed by atoms with Crippen molar-refractivity contribution < 1.29 is 0 Å². The monoisotopic (exact) mass is 804 g/mol. The second-order valence-corrected chi connectivity index (χ2v) is 18.6. The lowest BCUT2D eigenvalue weighted by Crippen LogP contribution is -2.15. The van der Waals surface area contributed by atoms with E-state index in [1.165, 1.54) is 130 Å². The molecule has 0 aliphatic heterocycles. The smallest absolute Gasteiger partial charge is 0.0433 e. The second kappa shape index (κ2) is 13.3. The minimum Gasteiger partial charge on any atom is -0.135 e. The van der Waals surface area contributed by atoms with Crippen LogP contribution in [0.5, 0.6) is 0 Å². The van der Waals surface area contributed by atoms with E-state index in [0.717, 1.165) is 0 Å². The van der Waals surface area contributed by atoms with Gasteiger partial charge in [0.2, 0.25) is 0 Å². The molecule has 0 atom stereocenters. The summed E-state index contributed by atoms with van der Waals surface area (Å²) in [5.74, 6) is 0. The molecule has 1 aliphatic carbocycles. The summed E-state index contributed by atoms with van der Waals surface area (Å²) in [4.78, 5) is 0.